The first-order valence-electron chi connectivity index (χ1n) is 7.63. The quantitative estimate of drug-likeness (QED) is 0.832. The van der Waals surface area contributed by atoms with E-state index in [1.807, 2.05) is 6.07 Å². The Bertz CT molecular complexity index is 749. The number of aromatic nitrogens is 2. The molecular formula is C15H17F3N4O2. The normalized spacial score (nSPS) is 18.1. The molecule has 1 aliphatic heterocycles. The van der Waals surface area contributed by atoms with Crippen LogP contribution < -0.4 is 5.56 Å². The van der Waals surface area contributed by atoms with E-state index in [9.17, 15) is 28.0 Å². The summed E-state index contributed by atoms with van der Waals surface area (Å²) in [7, 11) is 0. The van der Waals surface area contributed by atoms with Crippen LogP contribution in [0.4, 0.5) is 13.2 Å². The van der Waals surface area contributed by atoms with Gasteiger partial charge in [0, 0.05) is 6.54 Å². The van der Waals surface area contributed by atoms with Crippen LogP contribution >= 0.6 is 0 Å². The maximum atomic E-state index is 12.5. The highest BCUT2D eigenvalue weighted by Gasteiger charge is 2.41. The minimum atomic E-state index is -4.50. The van der Waals surface area contributed by atoms with E-state index in [4.69, 9.17) is 0 Å². The number of likely N-dealkylation sites (tertiary alicyclic amines) is 1. The lowest BCUT2D eigenvalue weighted by Gasteiger charge is -2.19. The molecule has 1 unspecified atom stereocenters. The van der Waals surface area contributed by atoms with Gasteiger partial charge < -0.3 is 4.90 Å². The van der Waals surface area contributed by atoms with Crippen LogP contribution in [0.5, 0.6) is 0 Å². The number of carbonyl (C=O) groups excluding carboxylic acids is 1. The van der Waals surface area contributed by atoms with Gasteiger partial charge in [-0.15, -0.1) is 0 Å². The molecule has 130 valence electrons. The number of nitrogens with zero attached hydrogens (tertiary/aromatic N) is 4. The summed E-state index contributed by atoms with van der Waals surface area (Å²) in [5.74, 6) is -0.794. The lowest BCUT2D eigenvalue weighted by Crippen LogP contribution is -2.39. The monoisotopic (exact) mass is 342 g/mol. The summed E-state index contributed by atoms with van der Waals surface area (Å²) in [5, 5.41) is 13.4. The zero-order valence-corrected chi connectivity index (χ0v) is 13.4. The molecule has 0 spiro atoms. The first-order chi connectivity index (χ1) is 11.2. The third-order valence-corrected chi connectivity index (χ3v) is 4.04. The highest BCUT2D eigenvalue weighted by atomic mass is 19.4. The Morgan fingerprint density at radius 1 is 1.29 bits per heavy atom. The van der Waals surface area contributed by atoms with Crippen LogP contribution in [0.2, 0.25) is 0 Å². The van der Waals surface area contributed by atoms with Gasteiger partial charge in [0.05, 0.1) is 5.69 Å². The molecule has 2 rings (SSSR count). The first kappa shape index (κ1) is 18.0. The Labute approximate surface area is 136 Å². The number of nitriles is 1. The maximum Gasteiger partial charge on any atom is 0.406 e. The van der Waals surface area contributed by atoms with Gasteiger partial charge in [0.2, 0.25) is 5.91 Å². The average molecular weight is 342 g/mol. The fourth-order valence-corrected chi connectivity index (χ4v) is 2.94. The molecule has 0 aliphatic carbocycles. The molecule has 1 fully saturated rings. The Hall–Kier alpha value is -2.37. The molecule has 1 atom stereocenters. The number of hydrogen-bond donors (Lipinski definition) is 0. The van der Waals surface area contributed by atoms with E-state index in [1.54, 1.807) is 13.8 Å². The van der Waals surface area contributed by atoms with Crippen molar-refractivity contribution in [2.24, 2.45) is 0 Å². The molecule has 1 amide bonds. The number of halogens is 3. The van der Waals surface area contributed by atoms with Crippen molar-refractivity contribution < 1.29 is 18.0 Å². The minimum absolute atomic E-state index is 0.0569. The third kappa shape index (κ3) is 3.27. The zero-order valence-electron chi connectivity index (χ0n) is 13.4. The molecule has 1 aromatic heterocycles. The summed E-state index contributed by atoms with van der Waals surface area (Å²) in [5.41, 5.74) is 0.222. The van der Waals surface area contributed by atoms with Crippen LogP contribution in [0.3, 0.4) is 0 Å². The summed E-state index contributed by atoms with van der Waals surface area (Å²) in [4.78, 5) is 25.4. The Balaban J connectivity index is 2.45. The molecule has 0 radical (unpaired) electrons. The van der Waals surface area contributed by atoms with Crippen molar-refractivity contribution in [3.8, 4) is 6.07 Å². The molecule has 0 saturated carbocycles. The molecule has 1 aromatic rings. The molecule has 0 N–H and O–H groups in total. The SMILES string of the molecule is CCc1nn(C2CCN(CC(F)(F)F)C2=O)c(=O)c(C#N)c1CC. The van der Waals surface area contributed by atoms with Crippen LogP contribution in [0, 0.1) is 11.3 Å². The summed E-state index contributed by atoms with van der Waals surface area (Å²) < 4.78 is 38.4. The summed E-state index contributed by atoms with van der Waals surface area (Å²) in [6.45, 7) is 2.13. The van der Waals surface area contributed by atoms with Gasteiger partial charge in [-0.1, -0.05) is 13.8 Å². The number of aryl methyl sites for hydroxylation is 1. The van der Waals surface area contributed by atoms with E-state index in [0.29, 0.717) is 29.0 Å². The summed E-state index contributed by atoms with van der Waals surface area (Å²) in [6, 6.07) is 0.745. The van der Waals surface area contributed by atoms with Crippen LogP contribution in [0.15, 0.2) is 4.79 Å². The highest BCUT2D eigenvalue weighted by Crippen LogP contribution is 2.26. The molecule has 1 aliphatic rings. The number of rotatable bonds is 4. The van der Waals surface area contributed by atoms with E-state index in [2.05, 4.69) is 5.10 Å². The molecule has 1 saturated heterocycles. The molecule has 2 heterocycles. The Kier molecular flexibility index (Phi) is 4.96. The van der Waals surface area contributed by atoms with Crippen LogP contribution in [-0.2, 0) is 17.6 Å². The third-order valence-electron chi connectivity index (χ3n) is 4.04. The van der Waals surface area contributed by atoms with Gasteiger partial charge >= 0.3 is 6.18 Å². The lowest BCUT2D eigenvalue weighted by molar-refractivity contribution is -0.158. The molecule has 0 aromatic carbocycles. The van der Waals surface area contributed by atoms with Gasteiger partial charge in [-0.05, 0) is 24.8 Å². The van der Waals surface area contributed by atoms with E-state index >= 15 is 0 Å². The van der Waals surface area contributed by atoms with Crippen LogP contribution in [0.1, 0.15) is 43.1 Å². The number of amides is 1. The largest absolute Gasteiger partial charge is 0.406 e. The van der Waals surface area contributed by atoms with Crippen molar-refractivity contribution in [2.75, 3.05) is 13.1 Å². The van der Waals surface area contributed by atoms with E-state index in [-0.39, 0.29) is 18.5 Å². The van der Waals surface area contributed by atoms with Crippen molar-refractivity contribution in [3.63, 3.8) is 0 Å². The van der Waals surface area contributed by atoms with Gasteiger partial charge in [0.15, 0.2) is 0 Å². The molecule has 6 nitrogen and oxygen atoms in total. The van der Waals surface area contributed by atoms with Crippen LogP contribution in [-0.4, -0.2) is 39.9 Å². The molecular weight excluding hydrogens is 325 g/mol. The lowest BCUT2D eigenvalue weighted by atomic mass is 10.0. The number of carbonyl (C=O) groups is 1. The van der Waals surface area contributed by atoms with Crippen molar-refractivity contribution in [2.45, 2.75) is 45.3 Å². The Morgan fingerprint density at radius 3 is 2.46 bits per heavy atom. The van der Waals surface area contributed by atoms with Gasteiger partial charge in [0.25, 0.3) is 5.56 Å². The fourth-order valence-electron chi connectivity index (χ4n) is 2.94. The predicted molar refractivity (Wildman–Crippen MR) is 78.3 cm³/mol. The maximum absolute atomic E-state index is 12.5. The van der Waals surface area contributed by atoms with Gasteiger partial charge in [-0.3, -0.25) is 9.59 Å². The smallest absolute Gasteiger partial charge is 0.332 e. The molecule has 9 heteroatoms. The van der Waals surface area contributed by atoms with Gasteiger partial charge in [-0.2, -0.15) is 23.5 Å². The summed E-state index contributed by atoms with van der Waals surface area (Å²) in [6.07, 6.45) is -3.55. The molecule has 0 bridgehead atoms. The van der Waals surface area contributed by atoms with Crippen molar-refractivity contribution in [1.29, 1.82) is 5.26 Å². The average Bonchev–Trinajstić information content (AvgIpc) is 2.85. The number of alkyl halides is 3. The predicted octanol–water partition coefficient (Wildman–Crippen LogP) is 1.58. The minimum Gasteiger partial charge on any atom is -0.332 e. The fraction of sp³-hybridized carbons (Fsp3) is 0.600. The van der Waals surface area contributed by atoms with E-state index in [0.717, 1.165) is 4.68 Å². The molecule has 24 heavy (non-hydrogen) atoms. The van der Waals surface area contributed by atoms with E-state index in [1.165, 1.54) is 0 Å². The highest BCUT2D eigenvalue weighted by molar-refractivity contribution is 5.82. The Morgan fingerprint density at radius 2 is 1.96 bits per heavy atom. The van der Waals surface area contributed by atoms with Crippen LogP contribution in [0.25, 0.3) is 0 Å². The van der Waals surface area contributed by atoms with Crippen molar-refractivity contribution >= 4 is 5.91 Å². The standard InChI is InChI=1S/C15H17F3N4O2/c1-3-9-10(7-19)13(23)22(20-11(9)4-2)12-5-6-21(14(12)24)8-15(16,17)18/h12H,3-6,8H2,1-2H3. The van der Waals surface area contributed by atoms with Gasteiger partial charge in [-0.25, -0.2) is 4.68 Å². The second-order valence-corrected chi connectivity index (χ2v) is 5.55. The second-order valence-electron chi connectivity index (χ2n) is 5.55. The van der Waals surface area contributed by atoms with Crippen molar-refractivity contribution in [1.82, 2.24) is 14.7 Å². The number of hydrogen-bond acceptors (Lipinski definition) is 4. The van der Waals surface area contributed by atoms with Gasteiger partial charge in [0.1, 0.15) is 24.2 Å². The topological polar surface area (TPSA) is 79.0 Å². The first-order valence-corrected chi connectivity index (χ1v) is 7.63. The van der Waals surface area contributed by atoms with Crippen molar-refractivity contribution in [3.05, 3.63) is 27.2 Å². The zero-order chi connectivity index (χ0) is 18.1. The van der Waals surface area contributed by atoms with E-state index < -0.39 is 30.2 Å². The second kappa shape index (κ2) is 6.63. The summed E-state index contributed by atoms with van der Waals surface area (Å²) >= 11 is 0.